The van der Waals surface area contributed by atoms with E-state index in [1.807, 2.05) is 12.2 Å². The maximum atomic E-state index is 10.9. The molecule has 1 aliphatic carbocycles. The van der Waals surface area contributed by atoms with Crippen molar-refractivity contribution in [1.29, 1.82) is 0 Å². The van der Waals surface area contributed by atoms with Crippen LogP contribution in [-0.4, -0.2) is 18.6 Å². The van der Waals surface area contributed by atoms with Gasteiger partial charge < -0.3 is 5.73 Å². The molecular formula is C12H13N3O3S. The molecule has 1 aromatic carbocycles. The van der Waals surface area contributed by atoms with Crippen molar-refractivity contribution in [3.8, 4) is 0 Å². The number of nitrogens with zero attached hydrogens (tertiary/aromatic N) is 2. The van der Waals surface area contributed by atoms with E-state index in [2.05, 4.69) is 10.2 Å². The number of allylic oxidation sites excluding steroid dienone is 2. The van der Waals surface area contributed by atoms with E-state index < -0.39 is 15.8 Å². The van der Waals surface area contributed by atoms with Crippen LogP contribution in [0.15, 0.2) is 63.7 Å². The number of benzene rings is 1. The van der Waals surface area contributed by atoms with E-state index in [9.17, 15) is 8.42 Å². The second kappa shape index (κ2) is 5.04. The highest BCUT2D eigenvalue weighted by Crippen LogP contribution is 2.21. The lowest BCUT2D eigenvalue weighted by Gasteiger charge is -2.19. The predicted octanol–water partition coefficient (Wildman–Crippen LogP) is 2.19. The van der Waals surface area contributed by atoms with Crippen LogP contribution in [0.3, 0.4) is 0 Å². The predicted molar refractivity (Wildman–Crippen MR) is 70.6 cm³/mol. The average molecular weight is 279 g/mol. The molecule has 0 spiro atoms. The quantitative estimate of drug-likeness (QED) is 0.653. The molecular weight excluding hydrogens is 266 g/mol. The summed E-state index contributed by atoms with van der Waals surface area (Å²) in [6.45, 7) is 0. The molecule has 1 atom stereocenters. The van der Waals surface area contributed by atoms with Crippen molar-refractivity contribution in [3.05, 3.63) is 48.6 Å². The number of azo groups is 1. The van der Waals surface area contributed by atoms with Crippen LogP contribution in [0.2, 0.25) is 0 Å². The SMILES string of the molecule is NC1(N=Nc2ccc(S(=O)(=O)O)cc2)C=CC=CC1. The molecule has 0 fully saturated rings. The Balaban J connectivity index is 2.16. The second-order valence-corrected chi connectivity index (χ2v) is 5.57. The Bertz CT molecular complexity index is 647. The molecule has 0 amide bonds. The normalized spacial score (nSPS) is 23.1. The molecule has 0 bridgehead atoms. The molecule has 2 rings (SSSR count). The first-order valence-corrected chi connectivity index (χ1v) is 6.97. The molecule has 19 heavy (non-hydrogen) atoms. The summed E-state index contributed by atoms with van der Waals surface area (Å²) in [5, 5.41) is 7.99. The van der Waals surface area contributed by atoms with Gasteiger partial charge in [-0.15, -0.1) is 0 Å². The first kappa shape index (κ1) is 13.6. The molecule has 0 aromatic heterocycles. The number of nitrogens with two attached hydrogens (primary N) is 1. The summed E-state index contributed by atoms with van der Waals surface area (Å²) in [7, 11) is -4.18. The van der Waals surface area contributed by atoms with Gasteiger partial charge in [0, 0.05) is 6.42 Å². The number of rotatable bonds is 3. The molecule has 0 saturated heterocycles. The highest BCUT2D eigenvalue weighted by atomic mass is 32.2. The monoisotopic (exact) mass is 279 g/mol. The zero-order valence-electron chi connectivity index (χ0n) is 9.97. The van der Waals surface area contributed by atoms with Crippen LogP contribution < -0.4 is 5.73 Å². The van der Waals surface area contributed by atoms with Gasteiger partial charge in [-0.05, 0) is 30.3 Å². The van der Waals surface area contributed by atoms with E-state index in [0.29, 0.717) is 12.1 Å². The van der Waals surface area contributed by atoms with Gasteiger partial charge in [0.25, 0.3) is 10.1 Å². The average Bonchev–Trinajstić information content (AvgIpc) is 2.37. The Hall–Kier alpha value is -1.83. The first-order chi connectivity index (χ1) is 8.89. The van der Waals surface area contributed by atoms with Crippen molar-refractivity contribution in [3.63, 3.8) is 0 Å². The summed E-state index contributed by atoms with van der Waals surface area (Å²) in [5.74, 6) is 0. The molecule has 6 nitrogen and oxygen atoms in total. The van der Waals surface area contributed by atoms with Crippen LogP contribution in [-0.2, 0) is 10.1 Å². The fourth-order valence-electron chi connectivity index (χ4n) is 1.54. The molecule has 0 radical (unpaired) electrons. The molecule has 3 N–H and O–H groups in total. The molecule has 1 aromatic rings. The molecule has 0 saturated carbocycles. The molecule has 7 heteroatoms. The van der Waals surface area contributed by atoms with Crippen molar-refractivity contribution in [2.24, 2.45) is 16.0 Å². The van der Waals surface area contributed by atoms with Gasteiger partial charge in [0.1, 0.15) is 0 Å². The summed E-state index contributed by atoms with van der Waals surface area (Å²) >= 11 is 0. The maximum absolute atomic E-state index is 10.9. The summed E-state index contributed by atoms with van der Waals surface area (Å²) in [6.07, 6.45) is 7.85. The van der Waals surface area contributed by atoms with E-state index in [-0.39, 0.29) is 4.90 Å². The lowest BCUT2D eigenvalue weighted by molar-refractivity contribution is 0.483. The van der Waals surface area contributed by atoms with Crippen LogP contribution in [0.5, 0.6) is 0 Å². The number of hydrogen-bond donors (Lipinski definition) is 2. The Labute approximate surface area is 111 Å². The third kappa shape index (κ3) is 3.57. The van der Waals surface area contributed by atoms with Crippen LogP contribution in [0.4, 0.5) is 5.69 Å². The smallest absolute Gasteiger partial charge is 0.294 e. The van der Waals surface area contributed by atoms with Gasteiger partial charge >= 0.3 is 0 Å². The van der Waals surface area contributed by atoms with Gasteiger partial charge in [-0.25, -0.2) is 0 Å². The fourth-order valence-corrected chi connectivity index (χ4v) is 2.02. The van der Waals surface area contributed by atoms with E-state index in [4.69, 9.17) is 10.3 Å². The molecule has 0 aliphatic heterocycles. The molecule has 1 unspecified atom stereocenters. The van der Waals surface area contributed by atoms with Crippen molar-refractivity contribution in [2.45, 2.75) is 17.0 Å². The zero-order valence-corrected chi connectivity index (χ0v) is 10.8. The molecule has 100 valence electrons. The van der Waals surface area contributed by atoms with Crippen molar-refractivity contribution in [1.82, 2.24) is 0 Å². The van der Waals surface area contributed by atoms with E-state index >= 15 is 0 Å². The Morgan fingerprint density at radius 3 is 2.42 bits per heavy atom. The van der Waals surface area contributed by atoms with Crippen molar-refractivity contribution < 1.29 is 13.0 Å². The summed E-state index contributed by atoms with van der Waals surface area (Å²) in [4.78, 5) is -0.186. The lowest BCUT2D eigenvalue weighted by atomic mass is 10.0. The topological polar surface area (TPSA) is 105 Å². The minimum atomic E-state index is -4.18. The highest BCUT2D eigenvalue weighted by Gasteiger charge is 2.20. The molecule has 1 aliphatic rings. The molecule has 0 heterocycles. The van der Waals surface area contributed by atoms with Gasteiger partial charge in [0.05, 0.1) is 10.6 Å². The van der Waals surface area contributed by atoms with Crippen LogP contribution in [0.25, 0.3) is 0 Å². The summed E-state index contributed by atoms with van der Waals surface area (Å²) in [5.41, 5.74) is 5.57. The minimum Gasteiger partial charge on any atom is -0.302 e. The third-order valence-electron chi connectivity index (χ3n) is 2.56. The minimum absolute atomic E-state index is 0.186. The third-order valence-corrected chi connectivity index (χ3v) is 3.43. The van der Waals surface area contributed by atoms with Gasteiger partial charge in [-0.2, -0.15) is 18.6 Å². The van der Waals surface area contributed by atoms with Gasteiger partial charge in [-0.1, -0.05) is 18.2 Å². The fraction of sp³-hybridized carbons (Fsp3) is 0.167. The standard InChI is InChI=1S/C12H13N3O3S/c13-12(8-2-1-3-9-12)15-14-10-4-6-11(7-5-10)19(16,17)18/h1-8H,9,13H2,(H,16,17,18). The summed E-state index contributed by atoms with van der Waals surface area (Å²) < 4.78 is 30.6. The van der Waals surface area contributed by atoms with Crippen LogP contribution >= 0.6 is 0 Å². The zero-order chi connectivity index (χ0) is 13.9. The lowest BCUT2D eigenvalue weighted by Crippen LogP contribution is -2.34. The Kier molecular flexibility index (Phi) is 3.61. The maximum Gasteiger partial charge on any atom is 0.294 e. The van der Waals surface area contributed by atoms with Crippen molar-refractivity contribution >= 4 is 15.8 Å². The largest absolute Gasteiger partial charge is 0.302 e. The second-order valence-electron chi connectivity index (χ2n) is 4.15. The van der Waals surface area contributed by atoms with Gasteiger partial charge in [-0.3, -0.25) is 4.55 Å². The van der Waals surface area contributed by atoms with Crippen LogP contribution in [0, 0.1) is 0 Å². The van der Waals surface area contributed by atoms with Gasteiger partial charge in [0.2, 0.25) is 0 Å². The van der Waals surface area contributed by atoms with E-state index in [1.165, 1.54) is 24.3 Å². The number of hydrogen-bond acceptors (Lipinski definition) is 5. The Morgan fingerprint density at radius 2 is 1.89 bits per heavy atom. The summed E-state index contributed by atoms with van der Waals surface area (Å²) in [6, 6.07) is 5.39. The van der Waals surface area contributed by atoms with E-state index in [1.54, 1.807) is 12.2 Å². The first-order valence-electron chi connectivity index (χ1n) is 5.53. The van der Waals surface area contributed by atoms with Crippen molar-refractivity contribution in [2.75, 3.05) is 0 Å². The Morgan fingerprint density at radius 1 is 1.21 bits per heavy atom. The van der Waals surface area contributed by atoms with Gasteiger partial charge in [0.15, 0.2) is 5.66 Å². The highest BCUT2D eigenvalue weighted by molar-refractivity contribution is 7.85. The van der Waals surface area contributed by atoms with Crippen LogP contribution in [0.1, 0.15) is 6.42 Å². The van der Waals surface area contributed by atoms with E-state index in [0.717, 1.165) is 0 Å².